The predicted octanol–water partition coefficient (Wildman–Crippen LogP) is 5.46. The topological polar surface area (TPSA) is 33.1 Å². The molecular formula is C23H25ClN4S. The van der Waals surface area contributed by atoms with Gasteiger partial charge in [0.2, 0.25) is 0 Å². The van der Waals surface area contributed by atoms with E-state index in [0.29, 0.717) is 5.92 Å². The Morgan fingerprint density at radius 2 is 2.00 bits per heavy atom. The number of aromatic nitrogens is 2. The minimum absolute atomic E-state index is 0.00972. The Labute approximate surface area is 182 Å². The lowest BCUT2D eigenvalue weighted by Crippen LogP contribution is -2.33. The van der Waals surface area contributed by atoms with Crippen LogP contribution in [0.3, 0.4) is 0 Å². The largest absolute Gasteiger partial charge is 0.352 e. The molecule has 1 saturated heterocycles. The van der Waals surface area contributed by atoms with Crippen LogP contribution in [0.2, 0.25) is 5.02 Å². The first-order valence-corrected chi connectivity index (χ1v) is 10.7. The molecular weight excluding hydrogens is 400 g/mol. The van der Waals surface area contributed by atoms with Crippen LogP contribution >= 0.6 is 23.8 Å². The molecule has 150 valence electrons. The van der Waals surface area contributed by atoms with Crippen molar-refractivity contribution in [1.29, 1.82) is 0 Å². The van der Waals surface area contributed by atoms with Crippen LogP contribution < -0.4 is 5.32 Å². The lowest BCUT2D eigenvalue weighted by Gasteiger charge is -2.30. The van der Waals surface area contributed by atoms with Crippen LogP contribution in [0.5, 0.6) is 0 Å². The van der Waals surface area contributed by atoms with Crippen molar-refractivity contribution in [3.8, 4) is 5.69 Å². The molecule has 0 unspecified atom stereocenters. The summed E-state index contributed by atoms with van der Waals surface area (Å²) in [5, 5.41) is 5.08. The van der Waals surface area contributed by atoms with Crippen LogP contribution in [0.4, 0.5) is 0 Å². The van der Waals surface area contributed by atoms with E-state index < -0.39 is 0 Å². The Hall–Kier alpha value is -2.37. The quantitative estimate of drug-likeness (QED) is 0.551. The van der Waals surface area contributed by atoms with Crippen molar-refractivity contribution in [3.05, 3.63) is 82.9 Å². The number of halogens is 1. The Kier molecular flexibility index (Phi) is 5.61. The normalized spacial score (nSPS) is 19.1. The van der Waals surface area contributed by atoms with Crippen LogP contribution in [0.15, 0.2) is 60.9 Å². The van der Waals surface area contributed by atoms with E-state index in [1.165, 1.54) is 5.69 Å². The van der Waals surface area contributed by atoms with E-state index in [2.05, 4.69) is 70.1 Å². The maximum Gasteiger partial charge on any atom is 0.170 e. The van der Waals surface area contributed by atoms with Gasteiger partial charge < -0.3 is 14.8 Å². The van der Waals surface area contributed by atoms with Gasteiger partial charge in [0.25, 0.3) is 0 Å². The fraction of sp³-hybridized carbons (Fsp3) is 0.304. The molecule has 3 aromatic rings. The minimum atomic E-state index is -0.00972. The van der Waals surface area contributed by atoms with Crippen molar-refractivity contribution in [1.82, 2.24) is 19.8 Å². The number of aryl methyl sites for hydroxylation is 1. The number of nitrogens with one attached hydrogen (secondary N) is 1. The first-order chi connectivity index (χ1) is 14.0. The molecule has 4 rings (SSSR count). The molecule has 0 bridgehead atoms. The van der Waals surface area contributed by atoms with Crippen LogP contribution in [0.1, 0.15) is 42.9 Å². The second kappa shape index (κ2) is 8.17. The smallest absolute Gasteiger partial charge is 0.170 e. The highest BCUT2D eigenvalue weighted by atomic mass is 35.5. The summed E-state index contributed by atoms with van der Waals surface area (Å²) in [6.45, 7) is 7.35. The second-order valence-corrected chi connectivity index (χ2v) is 8.70. The SMILES string of the molecule is Cc1cc(-n2cccc2[C@@H]2[C@H](c3ccccn3)NC(=S)N2CC(C)C)ccc1Cl. The van der Waals surface area contributed by atoms with Gasteiger partial charge >= 0.3 is 0 Å². The standard InChI is InChI=1S/C23H25ClN4S/c1-15(2)14-28-22(21(26-23(28)29)19-7-4-5-11-25-19)20-8-6-12-27(20)17-9-10-18(24)16(3)13-17/h4-13,15,21-22H,14H2,1-3H3,(H,26,29)/t21-,22+/m0/s1. The van der Waals surface area contributed by atoms with Gasteiger partial charge in [0.1, 0.15) is 0 Å². The molecule has 6 heteroatoms. The van der Waals surface area contributed by atoms with E-state index >= 15 is 0 Å². The molecule has 1 aliphatic heterocycles. The molecule has 1 aliphatic rings. The van der Waals surface area contributed by atoms with Gasteiger partial charge in [0.15, 0.2) is 5.11 Å². The number of nitrogens with zero attached hydrogens (tertiary/aromatic N) is 3. The molecule has 2 aromatic heterocycles. The molecule has 1 N–H and O–H groups in total. The molecule has 29 heavy (non-hydrogen) atoms. The number of hydrogen-bond acceptors (Lipinski definition) is 2. The van der Waals surface area contributed by atoms with Crippen LogP contribution in [0.25, 0.3) is 5.69 Å². The van der Waals surface area contributed by atoms with Gasteiger partial charge in [-0.2, -0.15) is 0 Å². The number of thiocarbonyl (C=S) groups is 1. The van der Waals surface area contributed by atoms with Crippen LogP contribution in [-0.4, -0.2) is 26.1 Å². The average molecular weight is 425 g/mol. The molecule has 1 aromatic carbocycles. The first kappa shape index (κ1) is 19.9. The van der Waals surface area contributed by atoms with Crippen LogP contribution in [0, 0.1) is 12.8 Å². The zero-order valence-corrected chi connectivity index (χ0v) is 18.4. The molecule has 0 radical (unpaired) electrons. The monoisotopic (exact) mass is 424 g/mol. The van der Waals surface area contributed by atoms with Gasteiger partial charge in [-0.25, -0.2) is 0 Å². The van der Waals surface area contributed by atoms with E-state index in [0.717, 1.165) is 33.6 Å². The Bertz CT molecular complexity index is 1010. The molecule has 2 atom stereocenters. The lowest BCUT2D eigenvalue weighted by molar-refractivity contribution is 0.280. The van der Waals surface area contributed by atoms with Crippen molar-refractivity contribution in [2.45, 2.75) is 32.9 Å². The average Bonchev–Trinajstić information content (AvgIpc) is 3.29. The van der Waals surface area contributed by atoms with E-state index in [9.17, 15) is 0 Å². The number of benzene rings is 1. The second-order valence-electron chi connectivity index (χ2n) is 7.91. The summed E-state index contributed by atoms with van der Waals surface area (Å²) in [6, 6.07) is 16.5. The minimum Gasteiger partial charge on any atom is -0.352 e. The molecule has 0 saturated carbocycles. The zero-order valence-electron chi connectivity index (χ0n) is 16.8. The molecule has 4 nitrogen and oxygen atoms in total. The number of rotatable bonds is 5. The Morgan fingerprint density at radius 3 is 2.69 bits per heavy atom. The van der Waals surface area contributed by atoms with Crippen molar-refractivity contribution >= 4 is 28.9 Å². The van der Waals surface area contributed by atoms with Crippen molar-refractivity contribution < 1.29 is 0 Å². The van der Waals surface area contributed by atoms with Crippen LogP contribution in [-0.2, 0) is 0 Å². The van der Waals surface area contributed by atoms with Gasteiger partial charge in [-0.3, -0.25) is 4.98 Å². The summed E-state index contributed by atoms with van der Waals surface area (Å²) in [6.07, 6.45) is 3.94. The molecule has 3 heterocycles. The highest BCUT2D eigenvalue weighted by Crippen LogP contribution is 2.40. The van der Waals surface area contributed by atoms with E-state index in [1.54, 1.807) is 0 Å². The summed E-state index contributed by atoms with van der Waals surface area (Å²) in [4.78, 5) is 6.92. The van der Waals surface area contributed by atoms with E-state index in [4.69, 9.17) is 23.8 Å². The maximum atomic E-state index is 6.26. The third-order valence-corrected chi connectivity index (χ3v) is 6.04. The van der Waals surface area contributed by atoms with Gasteiger partial charge in [0, 0.05) is 35.3 Å². The fourth-order valence-electron chi connectivity index (χ4n) is 3.97. The van der Waals surface area contributed by atoms with Gasteiger partial charge in [0.05, 0.1) is 17.8 Å². The summed E-state index contributed by atoms with van der Waals surface area (Å²) < 4.78 is 2.23. The summed E-state index contributed by atoms with van der Waals surface area (Å²) in [7, 11) is 0. The fourth-order valence-corrected chi connectivity index (χ4v) is 4.40. The third kappa shape index (κ3) is 3.89. The van der Waals surface area contributed by atoms with Crippen molar-refractivity contribution in [3.63, 3.8) is 0 Å². The predicted molar refractivity (Wildman–Crippen MR) is 123 cm³/mol. The Balaban J connectivity index is 1.82. The molecule has 1 fully saturated rings. The zero-order chi connectivity index (χ0) is 20.5. The summed E-state index contributed by atoms with van der Waals surface area (Å²) in [5.74, 6) is 0.487. The summed E-state index contributed by atoms with van der Waals surface area (Å²) in [5.41, 5.74) is 4.32. The van der Waals surface area contributed by atoms with Crippen molar-refractivity contribution in [2.75, 3.05) is 6.54 Å². The van der Waals surface area contributed by atoms with E-state index in [-0.39, 0.29) is 12.1 Å². The van der Waals surface area contributed by atoms with E-state index in [1.807, 2.05) is 31.3 Å². The van der Waals surface area contributed by atoms with Gasteiger partial charge in [-0.05, 0) is 73.1 Å². The van der Waals surface area contributed by atoms with Crippen molar-refractivity contribution in [2.24, 2.45) is 5.92 Å². The number of pyridine rings is 1. The first-order valence-electron chi connectivity index (χ1n) is 9.87. The Morgan fingerprint density at radius 1 is 1.17 bits per heavy atom. The number of hydrogen-bond donors (Lipinski definition) is 1. The highest BCUT2D eigenvalue weighted by Gasteiger charge is 2.41. The highest BCUT2D eigenvalue weighted by molar-refractivity contribution is 7.80. The maximum absolute atomic E-state index is 6.26. The molecule has 0 spiro atoms. The summed E-state index contributed by atoms with van der Waals surface area (Å²) >= 11 is 12.0. The molecule has 0 aliphatic carbocycles. The third-order valence-electron chi connectivity index (χ3n) is 5.26. The lowest BCUT2D eigenvalue weighted by atomic mass is 10.0. The van der Waals surface area contributed by atoms with Gasteiger partial charge in [-0.15, -0.1) is 0 Å². The molecule has 0 amide bonds. The van der Waals surface area contributed by atoms with Gasteiger partial charge in [-0.1, -0.05) is 31.5 Å².